The molecule has 0 saturated carbocycles. The lowest BCUT2D eigenvalue weighted by atomic mass is 9.97. The quantitative estimate of drug-likeness (QED) is 0.169. The molecule has 0 amide bonds. The molecule has 0 aromatic carbocycles. The summed E-state index contributed by atoms with van der Waals surface area (Å²) < 4.78 is 16.6. The highest BCUT2D eigenvalue weighted by Gasteiger charge is 2.50. The molecule has 0 aliphatic carbocycles. The van der Waals surface area contributed by atoms with Gasteiger partial charge in [-0.05, 0) is 12.2 Å². The van der Waals surface area contributed by atoms with Crippen molar-refractivity contribution in [3.05, 3.63) is 0 Å². The molecule has 7 N–H and O–H groups in total. The number of aliphatic hydroxyl groups excluding tert-OH is 7. The molecule has 10 nitrogen and oxygen atoms in total. The van der Waals surface area contributed by atoms with E-state index >= 15 is 0 Å². The zero-order chi connectivity index (χ0) is 23.0. The van der Waals surface area contributed by atoms with Crippen LogP contribution in [0.15, 0.2) is 0 Å². The van der Waals surface area contributed by atoms with Gasteiger partial charge in [-0.25, -0.2) is 0 Å². The summed E-state index contributed by atoms with van der Waals surface area (Å²) >= 11 is 1.36. The molecule has 0 aromatic heterocycles. The number of aliphatic hydroxyl groups is 7. The molecule has 2 rings (SSSR count). The van der Waals surface area contributed by atoms with E-state index in [0.29, 0.717) is 0 Å². The Morgan fingerprint density at radius 2 is 1.35 bits per heavy atom. The van der Waals surface area contributed by atoms with Crippen LogP contribution >= 0.6 is 11.8 Å². The second kappa shape index (κ2) is 13.6. The first-order valence-electron chi connectivity index (χ1n) is 11.1. The second-order valence-corrected chi connectivity index (χ2v) is 9.35. The maximum absolute atomic E-state index is 10.6. The zero-order valence-corrected chi connectivity index (χ0v) is 18.7. The van der Waals surface area contributed by atoms with Crippen molar-refractivity contribution in [2.75, 3.05) is 19.0 Å². The average molecular weight is 471 g/mol. The highest BCUT2D eigenvalue weighted by Crippen LogP contribution is 2.33. The highest BCUT2D eigenvalue weighted by molar-refractivity contribution is 7.99. The van der Waals surface area contributed by atoms with E-state index in [1.165, 1.54) is 31.0 Å². The summed E-state index contributed by atoms with van der Waals surface area (Å²) in [6.45, 7) is 1.02. The van der Waals surface area contributed by atoms with Crippen molar-refractivity contribution in [2.45, 2.75) is 106 Å². The fourth-order valence-corrected chi connectivity index (χ4v) is 4.96. The lowest BCUT2D eigenvalue weighted by molar-refractivity contribution is -0.338. The van der Waals surface area contributed by atoms with Crippen molar-refractivity contribution in [2.24, 2.45) is 0 Å². The molecule has 2 aliphatic heterocycles. The third-order valence-electron chi connectivity index (χ3n) is 5.74. The SMILES string of the molecule is CCCCCCCCSC1OC(CO)C(OC2OC(CO)C(O)C(O)C2O)C(O)C1O. The highest BCUT2D eigenvalue weighted by atomic mass is 32.2. The standard InChI is InChI=1S/C20H38O10S/c1-2-3-4-5-6-7-8-31-20-17(27)15(25)18(12(10-22)29-20)30-19-16(26)14(24)13(23)11(9-21)28-19/h11-27H,2-10H2,1H3. The molecule has 2 aliphatic rings. The Kier molecular flexibility index (Phi) is 11.9. The number of ether oxygens (including phenoxy) is 3. The first-order chi connectivity index (χ1) is 14.8. The van der Waals surface area contributed by atoms with Gasteiger partial charge >= 0.3 is 0 Å². The normalized spacial score (nSPS) is 41.4. The van der Waals surface area contributed by atoms with Crippen LogP contribution < -0.4 is 0 Å². The number of hydrogen-bond donors (Lipinski definition) is 7. The van der Waals surface area contributed by atoms with Gasteiger partial charge in [0.15, 0.2) is 6.29 Å². The Morgan fingerprint density at radius 3 is 2.00 bits per heavy atom. The molecule has 2 fully saturated rings. The molecule has 0 bridgehead atoms. The van der Waals surface area contributed by atoms with Crippen LogP contribution in [0.5, 0.6) is 0 Å². The van der Waals surface area contributed by atoms with Gasteiger partial charge in [-0.3, -0.25) is 0 Å². The van der Waals surface area contributed by atoms with Crippen LogP contribution in [0.25, 0.3) is 0 Å². The predicted octanol–water partition coefficient (Wildman–Crippen LogP) is -1.30. The molecular formula is C20H38O10S. The summed E-state index contributed by atoms with van der Waals surface area (Å²) in [7, 11) is 0. The Morgan fingerprint density at radius 1 is 0.710 bits per heavy atom. The summed E-state index contributed by atoms with van der Waals surface area (Å²) in [6.07, 6.45) is -5.77. The molecule has 10 atom stereocenters. The van der Waals surface area contributed by atoms with E-state index in [4.69, 9.17) is 14.2 Å². The monoisotopic (exact) mass is 470 g/mol. The van der Waals surface area contributed by atoms with E-state index in [1.807, 2.05) is 0 Å². The molecule has 184 valence electrons. The van der Waals surface area contributed by atoms with Gasteiger partial charge in [-0.1, -0.05) is 39.0 Å². The number of unbranched alkanes of at least 4 members (excludes halogenated alkanes) is 5. The van der Waals surface area contributed by atoms with Crippen molar-refractivity contribution in [1.82, 2.24) is 0 Å². The van der Waals surface area contributed by atoms with Gasteiger partial charge in [0.2, 0.25) is 0 Å². The largest absolute Gasteiger partial charge is 0.394 e. The van der Waals surface area contributed by atoms with Crippen molar-refractivity contribution in [3.63, 3.8) is 0 Å². The van der Waals surface area contributed by atoms with E-state index in [2.05, 4.69) is 6.92 Å². The molecule has 11 heteroatoms. The number of hydrogen-bond acceptors (Lipinski definition) is 11. The summed E-state index contributed by atoms with van der Waals surface area (Å²) in [4.78, 5) is 0. The molecule has 0 aromatic rings. The summed E-state index contributed by atoms with van der Waals surface area (Å²) in [5.74, 6) is 0.733. The van der Waals surface area contributed by atoms with Crippen molar-refractivity contribution in [1.29, 1.82) is 0 Å². The lowest BCUT2D eigenvalue weighted by Crippen LogP contribution is -2.64. The van der Waals surface area contributed by atoms with Crippen LogP contribution in [-0.2, 0) is 14.2 Å². The van der Waals surface area contributed by atoms with Gasteiger partial charge in [0.1, 0.15) is 54.3 Å². The Hall–Kier alpha value is -0.0500. The maximum atomic E-state index is 10.6. The summed E-state index contributed by atoms with van der Waals surface area (Å²) in [5, 5.41) is 70.0. The average Bonchev–Trinajstić information content (AvgIpc) is 2.77. The first kappa shape index (κ1) is 27.2. The van der Waals surface area contributed by atoms with Gasteiger partial charge in [0.25, 0.3) is 0 Å². The summed E-state index contributed by atoms with van der Waals surface area (Å²) in [5.41, 5.74) is -0.752. The maximum Gasteiger partial charge on any atom is 0.187 e. The lowest BCUT2D eigenvalue weighted by Gasteiger charge is -2.46. The van der Waals surface area contributed by atoms with Crippen LogP contribution in [0.3, 0.4) is 0 Å². The number of rotatable bonds is 12. The minimum Gasteiger partial charge on any atom is -0.394 e. The molecule has 10 unspecified atom stereocenters. The molecule has 0 spiro atoms. The van der Waals surface area contributed by atoms with Gasteiger partial charge in [-0.15, -0.1) is 11.8 Å². The third kappa shape index (κ3) is 7.21. The first-order valence-corrected chi connectivity index (χ1v) is 12.1. The van der Waals surface area contributed by atoms with Crippen LogP contribution in [0.1, 0.15) is 45.4 Å². The van der Waals surface area contributed by atoms with E-state index in [-0.39, 0.29) is 0 Å². The van der Waals surface area contributed by atoms with Crippen LogP contribution in [0.4, 0.5) is 0 Å². The van der Waals surface area contributed by atoms with Gasteiger partial charge < -0.3 is 50.0 Å². The zero-order valence-electron chi connectivity index (χ0n) is 17.9. The van der Waals surface area contributed by atoms with Crippen molar-refractivity contribution < 1.29 is 50.0 Å². The molecular weight excluding hydrogens is 432 g/mol. The topological polar surface area (TPSA) is 169 Å². The smallest absolute Gasteiger partial charge is 0.187 e. The fourth-order valence-electron chi connectivity index (χ4n) is 3.77. The molecule has 31 heavy (non-hydrogen) atoms. The third-order valence-corrected chi connectivity index (χ3v) is 6.98. The Labute approximate surface area is 187 Å². The van der Waals surface area contributed by atoms with Gasteiger partial charge in [0.05, 0.1) is 13.2 Å². The van der Waals surface area contributed by atoms with Crippen molar-refractivity contribution in [3.8, 4) is 0 Å². The Bertz CT molecular complexity index is 497. The minimum absolute atomic E-state index is 0.514. The van der Waals surface area contributed by atoms with Crippen LogP contribution in [0, 0.1) is 0 Å². The van der Waals surface area contributed by atoms with E-state index < -0.39 is 73.8 Å². The number of thioether (sulfide) groups is 1. The van der Waals surface area contributed by atoms with Crippen molar-refractivity contribution >= 4 is 11.8 Å². The van der Waals surface area contributed by atoms with E-state index in [0.717, 1.165) is 25.0 Å². The minimum atomic E-state index is -1.67. The van der Waals surface area contributed by atoms with Crippen LogP contribution in [-0.4, -0.2) is 115 Å². The van der Waals surface area contributed by atoms with Gasteiger partial charge in [0, 0.05) is 0 Å². The summed E-state index contributed by atoms with van der Waals surface area (Å²) in [6, 6.07) is 0. The van der Waals surface area contributed by atoms with Crippen LogP contribution in [0.2, 0.25) is 0 Å². The predicted molar refractivity (Wildman–Crippen MR) is 112 cm³/mol. The van der Waals surface area contributed by atoms with Gasteiger partial charge in [-0.2, -0.15) is 0 Å². The fraction of sp³-hybridized carbons (Fsp3) is 1.00. The van der Waals surface area contributed by atoms with E-state index in [1.54, 1.807) is 0 Å². The van der Waals surface area contributed by atoms with E-state index in [9.17, 15) is 35.7 Å². The second-order valence-electron chi connectivity index (χ2n) is 8.14. The molecule has 2 heterocycles. The molecule has 0 radical (unpaired) electrons. The Balaban J connectivity index is 1.90. The molecule has 2 saturated heterocycles.